The second-order valence-corrected chi connectivity index (χ2v) is 3.49. The van der Waals surface area contributed by atoms with Crippen LogP contribution in [-0.2, 0) is 4.79 Å². The zero-order valence-electron chi connectivity index (χ0n) is 7.09. The van der Waals surface area contributed by atoms with Crippen LogP contribution >= 0.6 is 11.8 Å². The van der Waals surface area contributed by atoms with Gasteiger partial charge in [0.05, 0.1) is 6.04 Å². The van der Waals surface area contributed by atoms with Crippen molar-refractivity contribution in [2.75, 3.05) is 18.1 Å². The molecule has 0 aromatic carbocycles. The molecule has 0 aliphatic rings. The van der Waals surface area contributed by atoms with E-state index in [0.29, 0.717) is 0 Å². The molecule has 1 atom stereocenters. The molecule has 0 aromatic heterocycles. The molecule has 0 saturated heterocycles. The maximum Gasteiger partial charge on any atom is 0.235 e. The Morgan fingerprint density at radius 2 is 2.27 bits per heavy atom. The van der Waals surface area contributed by atoms with Crippen molar-refractivity contribution in [2.24, 2.45) is 5.73 Å². The van der Waals surface area contributed by atoms with E-state index in [4.69, 9.17) is 5.73 Å². The Bertz CT molecular complexity index is 119. The summed E-state index contributed by atoms with van der Waals surface area (Å²) in [6, 6.07) is -0.162. The average Bonchev–Trinajstić information content (AvgIpc) is 1.97. The maximum absolute atomic E-state index is 10.7. The Balaban J connectivity index is 3.60. The highest BCUT2D eigenvalue weighted by molar-refractivity contribution is 7.99. The van der Waals surface area contributed by atoms with E-state index in [2.05, 4.69) is 12.2 Å². The van der Waals surface area contributed by atoms with Crippen LogP contribution in [0.15, 0.2) is 0 Å². The topological polar surface area (TPSA) is 55.1 Å². The maximum atomic E-state index is 10.7. The van der Waals surface area contributed by atoms with Gasteiger partial charge in [0.2, 0.25) is 5.91 Å². The van der Waals surface area contributed by atoms with Crippen molar-refractivity contribution in [1.29, 1.82) is 0 Å². The van der Waals surface area contributed by atoms with E-state index in [1.165, 1.54) is 0 Å². The van der Waals surface area contributed by atoms with Crippen molar-refractivity contribution >= 4 is 17.7 Å². The summed E-state index contributed by atoms with van der Waals surface area (Å²) in [6.45, 7) is 4.82. The van der Waals surface area contributed by atoms with Crippen LogP contribution in [0.25, 0.3) is 0 Å². The standard InChI is InChI=1S/C7H16N2OS/c1-3-9-6(7(8)10)5-11-4-2/h6,9H,3-5H2,1-2H3,(H2,8,10). The van der Waals surface area contributed by atoms with Crippen LogP contribution in [0.1, 0.15) is 13.8 Å². The summed E-state index contributed by atoms with van der Waals surface area (Å²) in [5.41, 5.74) is 5.15. The van der Waals surface area contributed by atoms with Gasteiger partial charge in [-0.1, -0.05) is 13.8 Å². The zero-order valence-corrected chi connectivity index (χ0v) is 7.91. The normalized spacial score (nSPS) is 12.9. The third-order valence-electron chi connectivity index (χ3n) is 1.28. The molecule has 0 aromatic rings. The van der Waals surface area contributed by atoms with Crippen molar-refractivity contribution in [3.05, 3.63) is 0 Å². The molecule has 0 aliphatic heterocycles. The first-order valence-corrected chi connectivity index (χ1v) is 4.98. The van der Waals surface area contributed by atoms with Crippen molar-refractivity contribution in [3.8, 4) is 0 Å². The monoisotopic (exact) mass is 176 g/mol. The number of amides is 1. The fourth-order valence-electron chi connectivity index (χ4n) is 0.724. The largest absolute Gasteiger partial charge is 0.368 e. The first-order valence-electron chi connectivity index (χ1n) is 3.82. The van der Waals surface area contributed by atoms with E-state index in [0.717, 1.165) is 18.1 Å². The van der Waals surface area contributed by atoms with Gasteiger partial charge in [-0.3, -0.25) is 4.79 Å². The third kappa shape index (κ3) is 5.09. The third-order valence-corrected chi connectivity index (χ3v) is 2.26. The van der Waals surface area contributed by atoms with Gasteiger partial charge in [0, 0.05) is 5.75 Å². The summed E-state index contributed by atoms with van der Waals surface area (Å²) in [5.74, 6) is 1.54. The smallest absolute Gasteiger partial charge is 0.235 e. The van der Waals surface area contributed by atoms with Crippen molar-refractivity contribution in [2.45, 2.75) is 19.9 Å². The molecule has 0 saturated carbocycles. The fourth-order valence-corrected chi connectivity index (χ4v) is 1.48. The van der Waals surface area contributed by atoms with Crippen LogP contribution in [0.5, 0.6) is 0 Å². The number of primary amides is 1. The summed E-state index contributed by atoms with van der Waals surface area (Å²) in [6.07, 6.45) is 0. The Morgan fingerprint density at radius 1 is 1.64 bits per heavy atom. The lowest BCUT2D eigenvalue weighted by Crippen LogP contribution is -2.43. The van der Waals surface area contributed by atoms with Gasteiger partial charge in [-0.25, -0.2) is 0 Å². The zero-order chi connectivity index (χ0) is 8.69. The Morgan fingerprint density at radius 3 is 2.64 bits per heavy atom. The molecule has 0 radical (unpaired) electrons. The summed E-state index contributed by atoms with van der Waals surface area (Å²) < 4.78 is 0. The molecule has 0 bridgehead atoms. The highest BCUT2D eigenvalue weighted by Crippen LogP contribution is 2.00. The Labute approximate surface area is 72.1 Å². The molecular weight excluding hydrogens is 160 g/mol. The lowest BCUT2D eigenvalue weighted by molar-refractivity contribution is -0.119. The molecule has 3 N–H and O–H groups in total. The molecular formula is C7H16N2OS. The van der Waals surface area contributed by atoms with Crippen molar-refractivity contribution < 1.29 is 4.79 Å². The van der Waals surface area contributed by atoms with Gasteiger partial charge < -0.3 is 11.1 Å². The highest BCUT2D eigenvalue weighted by atomic mass is 32.2. The van der Waals surface area contributed by atoms with Crippen LogP contribution in [0, 0.1) is 0 Å². The highest BCUT2D eigenvalue weighted by Gasteiger charge is 2.11. The van der Waals surface area contributed by atoms with E-state index in [1.54, 1.807) is 11.8 Å². The molecule has 1 unspecified atom stereocenters. The number of hydrogen-bond donors (Lipinski definition) is 2. The van der Waals surface area contributed by atoms with Gasteiger partial charge in [0.15, 0.2) is 0 Å². The minimum Gasteiger partial charge on any atom is -0.368 e. The average molecular weight is 176 g/mol. The molecule has 0 aliphatic carbocycles. The molecule has 1 amide bonds. The number of carbonyl (C=O) groups is 1. The van der Waals surface area contributed by atoms with Crippen LogP contribution in [-0.4, -0.2) is 30.0 Å². The van der Waals surface area contributed by atoms with Gasteiger partial charge >= 0.3 is 0 Å². The van der Waals surface area contributed by atoms with Gasteiger partial charge in [0.1, 0.15) is 0 Å². The van der Waals surface area contributed by atoms with E-state index < -0.39 is 0 Å². The predicted octanol–water partition coefficient (Wildman–Crippen LogP) is 0.203. The first-order chi connectivity index (χ1) is 5.22. The lowest BCUT2D eigenvalue weighted by atomic mass is 10.3. The second kappa shape index (κ2) is 6.49. The van der Waals surface area contributed by atoms with E-state index >= 15 is 0 Å². The molecule has 3 nitrogen and oxygen atoms in total. The molecule has 0 fully saturated rings. The van der Waals surface area contributed by atoms with Crippen LogP contribution < -0.4 is 11.1 Å². The summed E-state index contributed by atoms with van der Waals surface area (Å²) >= 11 is 1.72. The first kappa shape index (κ1) is 10.8. The minimum atomic E-state index is -0.257. The van der Waals surface area contributed by atoms with E-state index in [-0.39, 0.29) is 11.9 Å². The quantitative estimate of drug-likeness (QED) is 0.608. The molecule has 66 valence electrons. The van der Waals surface area contributed by atoms with Gasteiger partial charge in [0.25, 0.3) is 0 Å². The van der Waals surface area contributed by atoms with Crippen LogP contribution in [0.4, 0.5) is 0 Å². The van der Waals surface area contributed by atoms with E-state index in [9.17, 15) is 4.79 Å². The number of hydrogen-bond acceptors (Lipinski definition) is 3. The molecule has 0 heterocycles. The number of nitrogens with two attached hydrogens (primary N) is 1. The van der Waals surface area contributed by atoms with Gasteiger partial charge in [-0.05, 0) is 12.3 Å². The summed E-state index contributed by atoms with van der Waals surface area (Å²) in [5, 5.41) is 3.02. The molecule has 0 rings (SSSR count). The fraction of sp³-hybridized carbons (Fsp3) is 0.857. The number of likely N-dealkylation sites (N-methyl/N-ethyl adjacent to an activating group) is 1. The van der Waals surface area contributed by atoms with E-state index in [1.807, 2.05) is 6.92 Å². The molecule has 4 heteroatoms. The SMILES string of the molecule is CCNC(CSCC)C(N)=O. The number of rotatable bonds is 6. The predicted molar refractivity (Wildman–Crippen MR) is 49.7 cm³/mol. The van der Waals surface area contributed by atoms with Crippen molar-refractivity contribution in [1.82, 2.24) is 5.32 Å². The lowest BCUT2D eigenvalue weighted by Gasteiger charge is -2.12. The minimum absolute atomic E-state index is 0.162. The van der Waals surface area contributed by atoms with Gasteiger partial charge in [-0.2, -0.15) is 11.8 Å². The number of nitrogens with one attached hydrogen (secondary N) is 1. The molecule has 11 heavy (non-hydrogen) atoms. The Hall–Kier alpha value is -0.220. The second-order valence-electron chi connectivity index (χ2n) is 2.17. The van der Waals surface area contributed by atoms with Crippen LogP contribution in [0.2, 0.25) is 0 Å². The Kier molecular flexibility index (Phi) is 6.36. The van der Waals surface area contributed by atoms with Crippen molar-refractivity contribution in [3.63, 3.8) is 0 Å². The summed E-state index contributed by atoms with van der Waals surface area (Å²) in [4.78, 5) is 10.7. The summed E-state index contributed by atoms with van der Waals surface area (Å²) in [7, 11) is 0. The number of carbonyl (C=O) groups excluding carboxylic acids is 1. The van der Waals surface area contributed by atoms with Crippen LogP contribution in [0.3, 0.4) is 0 Å². The molecule has 0 spiro atoms. The number of thioether (sulfide) groups is 1. The van der Waals surface area contributed by atoms with Gasteiger partial charge in [-0.15, -0.1) is 0 Å².